The smallest absolute Gasteiger partial charge is 0.337 e. The molecule has 3 aromatic carbocycles. The predicted molar refractivity (Wildman–Crippen MR) is 144 cm³/mol. The minimum Gasteiger partial charge on any atom is -0.497 e. The number of amides is 1. The average Bonchev–Trinajstić information content (AvgIpc) is 3.39. The molecule has 3 aromatic rings. The second kappa shape index (κ2) is 12.6. The molecule has 200 valence electrons. The van der Waals surface area contributed by atoms with Crippen LogP contribution in [0.3, 0.4) is 0 Å². The first-order chi connectivity index (χ1) is 18.4. The van der Waals surface area contributed by atoms with E-state index < -0.39 is 12.1 Å². The Bertz CT molecular complexity index is 1230. The number of rotatable bonds is 11. The van der Waals surface area contributed by atoms with Crippen LogP contribution in [-0.4, -0.2) is 68.4 Å². The Hall–Kier alpha value is -3.88. The van der Waals surface area contributed by atoms with Crippen LogP contribution in [0.2, 0.25) is 0 Å². The molecule has 1 aliphatic carbocycles. The Morgan fingerprint density at radius 2 is 1.61 bits per heavy atom. The fourth-order valence-corrected chi connectivity index (χ4v) is 4.86. The molecule has 2 N–H and O–H groups in total. The van der Waals surface area contributed by atoms with Gasteiger partial charge in [0.05, 0.1) is 33.0 Å². The maximum atomic E-state index is 12.6. The van der Waals surface area contributed by atoms with Crippen molar-refractivity contribution in [2.45, 2.75) is 31.5 Å². The van der Waals surface area contributed by atoms with E-state index in [0.717, 1.165) is 24.2 Å². The van der Waals surface area contributed by atoms with E-state index in [9.17, 15) is 14.7 Å². The van der Waals surface area contributed by atoms with Gasteiger partial charge in [0.2, 0.25) is 0 Å². The normalized spacial score (nSPS) is 13.6. The zero-order chi connectivity index (χ0) is 27.1. The third-order valence-corrected chi connectivity index (χ3v) is 6.93. The quantitative estimate of drug-likeness (QED) is 0.376. The zero-order valence-electron chi connectivity index (χ0n) is 22.0. The Labute approximate surface area is 223 Å². The van der Waals surface area contributed by atoms with Crippen LogP contribution in [0.1, 0.15) is 37.4 Å². The van der Waals surface area contributed by atoms with Crippen molar-refractivity contribution in [1.29, 1.82) is 0 Å². The third kappa shape index (κ3) is 6.51. The number of carbonyl (C=O) groups is 2. The fourth-order valence-electron chi connectivity index (χ4n) is 4.86. The highest BCUT2D eigenvalue weighted by Gasteiger charge is 2.29. The van der Waals surface area contributed by atoms with Gasteiger partial charge in [-0.15, -0.1) is 0 Å². The van der Waals surface area contributed by atoms with Crippen LogP contribution >= 0.6 is 0 Å². The molecule has 4 rings (SSSR count). The molecule has 1 amide bonds. The summed E-state index contributed by atoms with van der Waals surface area (Å²) >= 11 is 0. The summed E-state index contributed by atoms with van der Waals surface area (Å²) in [6, 6.07) is 20.6. The topological polar surface area (TPSA) is 97.3 Å². The second-order valence-corrected chi connectivity index (χ2v) is 9.37. The molecule has 0 fully saturated rings. The van der Waals surface area contributed by atoms with Crippen molar-refractivity contribution < 1.29 is 28.9 Å². The van der Waals surface area contributed by atoms with Crippen molar-refractivity contribution in [2.75, 3.05) is 34.4 Å². The molecule has 0 bridgehead atoms. The molecule has 0 saturated carbocycles. The van der Waals surface area contributed by atoms with Crippen molar-refractivity contribution in [3.05, 3.63) is 94.5 Å². The first kappa shape index (κ1) is 27.2. The summed E-state index contributed by atoms with van der Waals surface area (Å²) < 4.78 is 15.7. The molecule has 0 aromatic heterocycles. The molecule has 0 spiro atoms. The summed E-state index contributed by atoms with van der Waals surface area (Å²) in [6.07, 6.45) is 0.988. The molecule has 0 saturated heterocycles. The zero-order valence-corrected chi connectivity index (χ0v) is 22.0. The average molecular weight is 519 g/mol. The van der Waals surface area contributed by atoms with Crippen molar-refractivity contribution in [3.63, 3.8) is 0 Å². The highest BCUT2D eigenvalue weighted by atomic mass is 16.5. The number of aliphatic hydroxyl groups is 1. The lowest BCUT2D eigenvalue weighted by atomic mass is 10.1. The molecule has 1 aliphatic rings. The number of hydrogen-bond donors (Lipinski definition) is 2. The van der Waals surface area contributed by atoms with Gasteiger partial charge in [0, 0.05) is 42.9 Å². The van der Waals surface area contributed by atoms with Gasteiger partial charge in [-0.05, 0) is 54.3 Å². The van der Waals surface area contributed by atoms with E-state index in [1.165, 1.54) is 18.2 Å². The predicted octanol–water partition coefficient (Wildman–Crippen LogP) is 3.25. The molecule has 1 atom stereocenters. The number of nitrogens with zero attached hydrogens (tertiary/aromatic N) is 1. The van der Waals surface area contributed by atoms with Crippen molar-refractivity contribution in [1.82, 2.24) is 10.2 Å². The maximum absolute atomic E-state index is 12.6. The lowest BCUT2D eigenvalue weighted by molar-refractivity contribution is 0.0600. The van der Waals surface area contributed by atoms with Crippen molar-refractivity contribution in [3.8, 4) is 11.5 Å². The van der Waals surface area contributed by atoms with E-state index in [1.807, 2.05) is 18.2 Å². The van der Waals surface area contributed by atoms with E-state index in [1.54, 1.807) is 38.5 Å². The van der Waals surface area contributed by atoms with Crippen LogP contribution in [0.25, 0.3) is 0 Å². The standard InChI is InChI=1S/C30H34N2O6/c1-36-27-13-12-24(28(16-27)37-2)18-32(25-14-22-6-4-5-7-23(22)15-25)19-26(33)17-31-29(34)20-8-10-21(11-9-20)30(35)38-3/h4-13,16,25-26,33H,14-15,17-19H2,1-3H3,(H,31,34)/t26-/m1/s1. The van der Waals surface area contributed by atoms with Crippen LogP contribution in [-0.2, 0) is 24.1 Å². The SMILES string of the molecule is COC(=O)c1ccc(C(=O)NC[C@@H](O)CN(Cc2ccc(OC)cc2OC)C2Cc3ccccc3C2)cc1. The van der Waals surface area contributed by atoms with Crippen LogP contribution < -0.4 is 14.8 Å². The molecule has 8 nitrogen and oxygen atoms in total. The molecule has 38 heavy (non-hydrogen) atoms. The van der Waals surface area contributed by atoms with Crippen LogP contribution in [0.15, 0.2) is 66.7 Å². The summed E-state index contributed by atoms with van der Waals surface area (Å²) in [5, 5.41) is 13.8. The van der Waals surface area contributed by atoms with Gasteiger partial charge in [-0.25, -0.2) is 4.79 Å². The van der Waals surface area contributed by atoms with E-state index in [2.05, 4.69) is 34.5 Å². The number of fused-ring (bicyclic) bond motifs is 1. The number of hydrogen-bond acceptors (Lipinski definition) is 7. The van der Waals surface area contributed by atoms with Crippen molar-refractivity contribution >= 4 is 11.9 Å². The molecular formula is C30H34N2O6. The number of ether oxygens (including phenoxy) is 3. The Morgan fingerprint density at radius 3 is 2.21 bits per heavy atom. The minimum atomic E-state index is -0.791. The molecule has 0 heterocycles. The lowest BCUT2D eigenvalue weighted by Crippen LogP contribution is -2.44. The maximum Gasteiger partial charge on any atom is 0.337 e. The van der Waals surface area contributed by atoms with Gasteiger partial charge in [-0.3, -0.25) is 9.69 Å². The van der Waals surface area contributed by atoms with E-state index in [0.29, 0.717) is 30.0 Å². The summed E-state index contributed by atoms with van der Waals surface area (Å²) in [4.78, 5) is 26.5. The highest BCUT2D eigenvalue weighted by Crippen LogP contribution is 2.30. The molecule has 0 aliphatic heterocycles. The van der Waals surface area contributed by atoms with E-state index in [4.69, 9.17) is 14.2 Å². The van der Waals surface area contributed by atoms with Gasteiger partial charge in [0.25, 0.3) is 5.91 Å². The lowest BCUT2D eigenvalue weighted by Gasteiger charge is -2.31. The minimum absolute atomic E-state index is 0.0908. The number of aliphatic hydroxyl groups excluding tert-OH is 1. The number of esters is 1. The molecule has 8 heteroatoms. The van der Waals surface area contributed by atoms with Crippen LogP contribution in [0, 0.1) is 0 Å². The van der Waals surface area contributed by atoms with Gasteiger partial charge >= 0.3 is 5.97 Å². The van der Waals surface area contributed by atoms with E-state index >= 15 is 0 Å². The highest BCUT2D eigenvalue weighted by molar-refractivity contribution is 5.96. The van der Waals surface area contributed by atoms with Crippen LogP contribution in [0.5, 0.6) is 11.5 Å². The number of benzene rings is 3. The summed E-state index contributed by atoms with van der Waals surface area (Å²) in [6.45, 7) is 1.04. The fraction of sp³-hybridized carbons (Fsp3) is 0.333. The van der Waals surface area contributed by atoms with Gasteiger partial charge in [-0.2, -0.15) is 0 Å². The number of nitrogens with one attached hydrogen (secondary N) is 1. The first-order valence-electron chi connectivity index (χ1n) is 12.6. The van der Waals surface area contributed by atoms with Gasteiger partial charge in [0.15, 0.2) is 0 Å². The monoisotopic (exact) mass is 518 g/mol. The van der Waals surface area contributed by atoms with Gasteiger partial charge in [0.1, 0.15) is 11.5 Å². The Kier molecular flexibility index (Phi) is 8.99. The third-order valence-electron chi connectivity index (χ3n) is 6.93. The first-order valence-corrected chi connectivity index (χ1v) is 12.6. The largest absolute Gasteiger partial charge is 0.497 e. The molecule has 0 radical (unpaired) electrons. The van der Waals surface area contributed by atoms with Crippen LogP contribution in [0.4, 0.5) is 0 Å². The Balaban J connectivity index is 1.43. The Morgan fingerprint density at radius 1 is 0.947 bits per heavy atom. The summed E-state index contributed by atoms with van der Waals surface area (Å²) in [5.74, 6) is 0.656. The summed E-state index contributed by atoms with van der Waals surface area (Å²) in [5.41, 5.74) is 4.40. The van der Waals surface area contributed by atoms with Gasteiger partial charge < -0.3 is 24.6 Å². The van der Waals surface area contributed by atoms with E-state index in [-0.39, 0.29) is 18.5 Å². The second-order valence-electron chi connectivity index (χ2n) is 9.37. The number of carbonyl (C=O) groups excluding carboxylic acids is 2. The van der Waals surface area contributed by atoms with Crippen molar-refractivity contribution in [2.24, 2.45) is 0 Å². The molecule has 0 unspecified atom stereocenters. The molecular weight excluding hydrogens is 484 g/mol. The summed E-state index contributed by atoms with van der Waals surface area (Å²) in [7, 11) is 4.56. The van der Waals surface area contributed by atoms with Gasteiger partial charge in [-0.1, -0.05) is 30.3 Å². The number of methoxy groups -OCH3 is 3.